The molecule has 2 saturated heterocycles. The minimum atomic E-state index is -5.08. The highest BCUT2D eigenvalue weighted by molar-refractivity contribution is 5.94. The first kappa shape index (κ1) is 22.6. The van der Waals surface area contributed by atoms with Gasteiger partial charge in [0.2, 0.25) is 5.91 Å². The van der Waals surface area contributed by atoms with Crippen molar-refractivity contribution < 1.29 is 37.4 Å². The number of aliphatic carboxylic acids is 1. The Hall–Kier alpha value is -2.69. The van der Waals surface area contributed by atoms with E-state index in [1.165, 1.54) is 0 Å². The van der Waals surface area contributed by atoms with E-state index in [1.807, 2.05) is 9.80 Å². The molecule has 0 aromatic carbocycles. The van der Waals surface area contributed by atoms with Crippen LogP contribution in [-0.2, 0) is 14.3 Å². The maximum absolute atomic E-state index is 12.6. The number of carboxylic acid groups (broad SMARTS) is 1. The van der Waals surface area contributed by atoms with Crippen molar-refractivity contribution >= 4 is 17.8 Å². The average Bonchev–Trinajstić information content (AvgIpc) is 2.68. The van der Waals surface area contributed by atoms with Gasteiger partial charge >= 0.3 is 12.1 Å². The standard InChI is InChI=1S/C16H21N3O3.C2HF3O2/c1-13(20)18-7-4-16(5-8-18)12-19(9-10-22-16)15(21)14-3-2-6-17-11-14;3-2(4,5)1(6)7/h2-3,6,11H,4-5,7-10,12H2,1H3;(H,6,7). The highest BCUT2D eigenvalue weighted by Crippen LogP contribution is 2.30. The van der Waals surface area contributed by atoms with Gasteiger partial charge in [0, 0.05) is 39.0 Å². The summed E-state index contributed by atoms with van der Waals surface area (Å²) in [4.78, 5) is 40.6. The van der Waals surface area contributed by atoms with Gasteiger partial charge in [-0.15, -0.1) is 0 Å². The van der Waals surface area contributed by atoms with Crippen LogP contribution in [0.4, 0.5) is 13.2 Å². The predicted molar refractivity (Wildman–Crippen MR) is 94.0 cm³/mol. The zero-order valence-electron chi connectivity index (χ0n) is 15.8. The van der Waals surface area contributed by atoms with Crippen LogP contribution in [0.5, 0.6) is 0 Å². The van der Waals surface area contributed by atoms with E-state index in [4.69, 9.17) is 14.6 Å². The lowest BCUT2D eigenvalue weighted by molar-refractivity contribution is -0.192. The molecule has 3 heterocycles. The molecular weight excluding hydrogens is 395 g/mol. The summed E-state index contributed by atoms with van der Waals surface area (Å²) in [7, 11) is 0. The number of ether oxygens (including phenoxy) is 1. The number of halogens is 3. The van der Waals surface area contributed by atoms with E-state index in [2.05, 4.69) is 4.98 Å². The van der Waals surface area contributed by atoms with Gasteiger partial charge in [-0.25, -0.2) is 4.79 Å². The fraction of sp³-hybridized carbons (Fsp3) is 0.556. The molecule has 0 radical (unpaired) electrons. The number of amides is 2. The number of piperidine rings is 1. The van der Waals surface area contributed by atoms with Crippen LogP contribution in [0, 0.1) is 0 Å². The number of rotatable bonds is 1. The molecule has 1 N–H and O–H groups in total. The molecular formula is C18H22F3N3O5. The van der Waals surface area contributed by atoms with Gasteiger partial charge in [-0.3, -0.25) is 14.6 Å². The molecule has 3 rings (SSSR count). The minimum absolute atomic E-state index is 0.00442. The number of alkyl halides is 3. The lowest BCUT2D eigenvalue weighted by Crippen LogP contribution is -2.58. The second-order valence-electron chi connectivity index (χ2n) is 6.81. The largest absolute Gasteiger partial charge is 0.490 e. The molecule has 2 amide bonds. The summed E-state index contributed by atoms with van der Waals surface area (Å²) in [6.07, 6.45) is -0.259. The number of carboxylic acids is 1. The van der Waals surface area contributed by atoms with Crippen LogP contribution < -0.4 is 0 Å². The fourth-order valence-corrected chi connectivity index (χ4v) is 3.22. The van der Waals surface area contributed by atoms with Gasteiger partial charge < -0.3 is 19.6 Å². The van der Waals surface area contributed by atoms with E-state index in [1.54, 1.807) is 31.5 Å². The van der Waals surface area contributed by atoms with Crippen LogP contribution in [0.1, 0.15) is 30.1 Å². The molecule has 29 heavy (non-hydrogen) atoms. The van der Waals surface area contributed by atoms with Crippen LogP contribution in [-0.4, -0.2) is 82.2 Å². The number of likely N-dealkylation sites (tertiary alicyclic amines) is 1. The monoisotopic (exact) mass is 417 g/mol. The molecule has 0 aliphatic carbocycles. The molecule has 0 atom stereocenters. The van der Waals surface area contributed by atoms with Gasteiger partial charge in [0.05, 0.1) is 24.3 Å². The third kappa shape index (κ3) is 6.14. The number of morpholine rings is 1. The van der Waals surface area contributed by atoms with Crippen molar-refractivity contribution in [1.82, 2.24) is 14.8 Å². The summed E-state index contributed by atoms with van der Waals surface area (Å²) in [5.41, 5.74) is 0.308. The Morgan fingerprint density at radius 2 is 1.79 bits per heavy atom. The molecule has 0 unspecified atom stereocenters. The molecule has 1 aromatic heterocycles. The van der Waals surface area contributed by atoms with E-state index >= 15 is 0 Å². The summed E-state index contributed by atoms with van der Waals surface area (Å²) < 4.78 is 37.7. The topological polar surface area (TPSA) is 100 Å². The number of pyridine rings is 1. The number of carbonyl (C=O) groups is 3. The molecule has 11 heteroatoms. The molecule has 1 spiro atoms. The van der Waals surface area contributed by atoms with Gasteiger partial charge in [-0.05, 0) is 25.0 Å². The first-order valence-corrected chi connectivity index (χ1v) is 8.93. The fourth-order valence-electron chi connectivity index (χ4n) is 3.22. The first-order chi connectivity index (χ1) is 13.5. The Morgan fingerprint density at radius 1 is 1.17 bits per heavy atom. The number of hydrogen-bond acceptors (Lipinski definition) is 5. The summed E-state index contributed by atoms with van der Waals surface area (Å²) in [5.74, 6) is -2.65. The lowest BCUT2D eigenvalue weighted by atomic mass is 9.89. The first-order valence-electron chi connectivity index (χ1n) is 8.93. The Kier molecular flexibility index (Phi) is 7.17. The third-order valence-corrected chi connectivity index (χ3v) is 4.81. The molecule has 0 bridgehead atoms. The third-order valence-electron chi connectivity index (χ3n) is 4.81. The number of carbonyl (C=O) groups excluding carboxylic acids is 2. The van der Waals surface area contributed by atoms with Crippen molar-refractivity contribution in [2.75, 3.05) is 32.8 Å². The maximum atomic E-state index is 12.6. The predicted octanol–water partition coefficient (Wildman–Crippen LogP) is 1.57. The lowest BCUT2D eigenvalue weighted by Gasteiger charge is -2.47. The van der Waals surface area contributed by atoms with E-state index in [9.17, 15) is 22.8 Å². The van der Waals surface area contributed by atoms with Gasteiger partial charge in [0.1, 0.15) is 0 Å². The molecule has 2 aliphatic heterocycles. The Labute approximate surface area is 165 Å². The van der Waals surface area contributed by atoms with E-state index in [-0.39, 0.29) is 17.4 Å². The van der Waals surface area contributed by atoms with Crippen LogP contribution in [0.25, 0.3) is 0 Å². The second-order valence-corrected chi connectivity index (χ2v) is 6.81. The van der Waals surface area contributed by atoms with Crippen molar-refractivity contribution in [1.29, 1.82) is 0 Å². The molecule has 0 saturated carbocycles. The van der Waals surface area contributed by atoms with Crippen LogP contribution in [0.3, 0.4) is 0 Å². The quantitative estimate of drug-likeness (QED) is 0.745. The summed E-state index contributed by atoms with van der Waals surface area (Å²) in [5, 5.41) is 7.12. The van der Waals surface area contributed by atoms with Crippen LogP contribution in [0.2, 0.25) is 0 Å². The van der Waals surface area contributed by atoms with Crippen molar-refractivity contribution in [3.8, 4) is 0 Å². The molecule has 8 nitrogen and oxygen atoms in total. The van der Waals surface area contributed by atoms with Crippen molar-refractivity contribution in [2.24, 2.45) is 0 Å². The Bertz CT molecular complexity index is 734. The van der Waals surface area contributed by atoms with Crippen LogP contribution >= 0.6 is 0 Å². The van der Waals surface area contributed by atoms with Gasteiger partial charge in [-0.2, -0.15) is 13.2 Å². The van der Waals surface area contributed by atoms with E-state index < -0.39 is 12.1 Å². The van der Waals surface area contributed by atoms with Crippen molar-refractivity contribution in [3.63, 3.8) is 0 Å². The zero-order valence-corrected chi connectivity index (χ0v) is 15.8. The number of aromatic nitrogens is 1. The Balaban J connectivity index is 0.000000370. The van der Waals surface area contributed by atoms with Crippen molar-refractivity contribution in [3.05, 3.63) is 30.1 Å². The van der Waals surface area contributed by atoms with E-state index in [0.29, 0.717) is 38.3 Å². The van der Waals surface area contributed by atoms with Crippen LogP contribution in [0.15, 0.2) is 24.5 Å². The Morgan fingerprint density at radius 3 is 2.28 bits per heavy atom. The second kappa shape index (κ2) is 9.21. The van der Waals surface area contributed by atoms with Gasteiger partial charge in [-0.1, -0.05) is 0 Å². The highest BCUT2D eigenvalue weighted by Gasteiger charge is 2.41. The summed E-state index contributed by atoms with van der Waals surface area (Å²) in [6.45, 7) is 4.73. The van der Waals surface area contributed by atoms with Crippen molar-refractivity contribution in [2.45, 2.75) is 31.5 Å². The van der Waals surface area contributed by atoms with Gasteiger partial charge in [0.15, 0.2) is 0 Å². The number of nitrogens with zero attached hydrogens (tertiary/aromatic N) is 3. The summed E-state index contributed by atoms with van der Waals surface area (Å²) >= 11 is 0. The maximum Gasteiger partial charge on any atom is 0.490 e. The highest BCUT2D eigenvalue weighted by atomic mass is 19.4. The molecule has 2 fully saturated rings. The normalized spacial score (nSPS) is 18.6. The smallest absolute Gasteiger partial charge is 0.475 e. The average molecular weight is 417 g/mol. The molecule has 1 aromatic rings. The van der Waals surface area contributed by atoms with E-state index in [0.717, 1.165) is 12.8 Å². The van der Waals surface area contributed by atoms with Gasteiger partial charge in [0.25, 0.3) is 5.91 Å². The summed E-state index contributed by atoms with van der Waals surface area (Å²) in [6, 6.07) is 3.56. The molecule has 160 valence electrons. The number of hydrogen-bond donors (Lipinski definition) is 1. The molecule has 2 aliphatic rings. The SMILES string of the molecule is CC(=O)N1CCC2(CC1)CN(C(=O)c1cccnc1)CCO2.O=C(O)C(F)(F)F. The minimum Gasteiger partial charge on any atom is -0.475 e. The zero-order chi connectivity index (χ0) is 21.7.